The van der Waals surface area contributed by atoms with E-state index in [1.54, 1.807) is 0 Å². The molecule has 0 aliphatic carbocycles. The molecule has 0 rings (SSSR count). The highest BCUT2D eigenvalue weighted by Gasteiger charge is 2.48. The van der Waals surface area contributed by atoms with Crippen LogP contribution in [0.2, 0.25) is 0 Å². The van der Waals surface area contributed by atoms with Crippen LogP contribution in [0.4, 0.5) is 0 Å². The van der Waals surface area contributed by atoms with E-state index >= 15 is 0 Å². The van der Waals surface area contributed by atoms with Crippen molar-refractivity contribution in [3.05, 3.63) is 33.8 Å². The zero-order chi connectivity index (χ0) is 18.2. The highest BCUT2D eigenvalue weighted by atomic mass is 16.5. The second-order valence-electron chi connectivity index (χ2n) is 6.23. The second kappa shape index (κ2) is 9.19. The summed E-state index contributed by atoms with van der Waals surface area (Å²) in [5.74, 6) is -1.21. The Balaban J connectivity index is 6.21. The van der Waals surface area contributed by atoms with Crippen molar-refractivity contribution < 1.29 is 19.1 Å². The standard InChI is InChI=1S/C19H28O4/c1-13(2)9-15(5)11-19(17(20)22-7,18(21)23-8)12-16(6)10-14(3)4/h11-12H2,1-8H3. The minimum Gasteiger partial charge on any atom is -0.468 e. The van der Waals surface area contributed by atoms with Gasteiger partial charge in [-0.3, -0.25) is 9.59 Å². The zero-order valence-corrected chi connectivity index (χ0v) is 15.5. The molecule has 23 heavy (non-hydrogen) atoms. The average molecular weight is 320 g/mol. The van der Waals surface area contributed by atoms with Crippen LogP contribution in [0.25, 0.3) is 0 Å². The molecule has 0 aliphatic heterocycles. The van der Waals surface area contributed by atoms with Crippen LogP contribution in [0.1, 0.15) is 54.4 Å². The Morgan fingerprint density at radius 2 is 1.04 bits per heavy atom. The molecule has 0 saturated carbocycles. The molecule has 0 radical (unpaired) electrons. The molecule has 0 spiro atoms. The van der Waals surface area contributed by atoms with Gasteiger partial charge >= 0.3 is 11.9 Å². The van der Waals surface area contributed by atoms with Gasteiger partial charge in [0.2, 0.25) is 0 Å². The first kappa shape index (κ1) is 21.0. The minimum absolute atomic E-state index is 0.194. The fraction of sp³-hybridized carbons (Fsp3) is 0.579. The summed E-state index contributed by atoms with van der Waals surface area (Å²) in [6, 6.07) is 0. The molecule has 4 heteroatoms. The number of carbonyl (C=O) groups excluding carboxylic acids is 2. The molecule has 0 aliphatic rings. The number of esters is 2. The highest BCUT2D eigenvalue weighted by Crippen LogP contribution is 2.36. The predicted octanol–water partition coefficient (Wildman–Crippen LogP) is 4.12. The monoisotopic (exact) mass is 320 g/mol. The Labute approximate surface area is 139 Å². The van der Waals surface area contributed by atoms with Gasteiger partial charge < -0.3 is 9.47 Å². The van der Waals surface area contributed by atoms with Crippen molar-refractivity contribution in [2.45, 2.75) is 54.4 Å². The topological polar surface area (TPSA) is 52.6 Å². The van der Waals surface area contributed by atoms with Crippen LogP contribution in [0.3, 0.4) is 0 Å². The lowest BCUT2D eigenvalue weighted by Crippen LogP contribution is -2.41. The van der Waals surface area contributed by atoms with Crippen molar-refractivity contribution in [1.29, 1.82) is 0 Å². The Kier molecular flexibility index (Phi) is 8.39. The van der Waals surface area contributed by atoms with E-state index in [0.29, 0.717) is 0 Å². The van der Waals surface area contributed by atoms with Crippen molar-refractivity contribution in [1.82, 2.24) is 0 Å². The van der Waals surface area contributed by atoms with Gasteiger partial charge in [0.1, 0.15) is 0 Å². The van der Waals surface area contributed by atoms with Gasteiger partial charge in [0.05, 0.1) is 14.2 Å². The Morgan fingerprint density at radius 3 is 1.26 bits per heavy atom. The summed E-state index contributed by atoms with van der Waals surface area (Å²) < 4.78 is 9.83. The molecule has 4 nitrogen and oxygen atoms in total. The SMILES string of the molecule is COC(=O)C(CC(C)=C=C(C)C)(CC(C)=C=C(C)C)C(=O)OC. The predicted molar refractivity (Wildman–Crippen MR) is 90.8 cm³/mol. The molecule has 128 valence electrons. The summed E-state index contributed by atoms with van der Waals surface area (Å²) in [5, 5.41) is 0. The van der Waals surface area contributed by atoms with E-state index in [4.69, 9.17) is 9.47 Å². The normalized spacial score (nSPS) is 10.1. The van der Waals surface area contributed by atoms with Gasteiger partial charge in [-0.15, -0.1) is 11.5 Å². The third-order valence-electron chi connectivity index (χ3n) is 3.21. The smallest absolute Gasteiger partial charge is 0.323 e. The van der Waals surface area contributed by atoms with Crippen molar-refractivity contribution in [2.75, 3.05) is 14.2 Å². The number of rotatable bonds is 6. The van der Waals surface area contributed by atoms with Crippen LogP contribution in [0.15, 0.2) is 33.8 Å². The molecule has 0 aromatic carbocycles. The van der Waals surface area contributed by atoms with Crippen molar-refractivity contribution in [3.8, 4) is 0 Å². The Morgan fingerprint density at radius 1 is 0.739 bits per heavy atom. The van der Waals surface area contributed by atoms with Gasteiger partial charge in [-0.05, 0) is 63.8 Å². The second-order valence-corrected chi connectivity index (χ2v) is 6.23. The maximum atomic E-state index is 12.5. The van der Waals surface area contributed by atoms with Crippen LogP contribution in [-0.2, 0) is 19.1 Å². The first-order chi connectivity index (χ1) is 10.6. The van der Waals surface area contributed by atoms with Gasteiger partial charge in [0, 0.05) is 12.8 Å². The molecular formula is C19H28O4. The van der Waals surface area contributed by atoms with Crippen molar-refractivity contribution >= 4 is 11.9 Å². The average Bonchev–Trinajstić information content (AvgIpc) is 2.42. The molecule has 0 fully saturated rings. The number of carbonyl (C=O) groups is 2. The number of ether oxygens (including phenoxy) is 2. The maximum absolute atomic E-state index is 12.5. The number of methoxy groups -OCH3 is 2. The Bertz CT molecular complexity index is 533. The molecule has 0 saturated heterocycles. The van der Waals surface area contributed by atoms with Gasteiger partial charge in [0.25, 0.3) is 0 Å². The van der Waals surface area contributed by atoms with Crippen molar-refractivity contribution in [3.63, 3.8) is 0 Å². The number of hydrogen-bond donors (Lipinski definition) is 0. The van der Waals surface area contributed by atoms with E-state index in [-0.39, 0.29) is 12.8 Å². The van der Waals surface area contributed by atoms with E-state index in [0.717, 1.165) is 22.3 Å². The largest absolute Gasteiger partial charge is 0.468 e. The molecule has 0 aromatic heterocycles. The third kappa shape index (κ3) is 6.32. The van der Waals surface area contributed by atoms with E-state index in [9.17, 15) is 9.59 Å². The lowest BCUT2D eigenvalue weighted by Gasteiger charge is -2.28. The highest BCUT2D eigenvalue weighted by molar-refractivity contribution is 6.00. The minimum atomic E-state index is -1.41. The van der Waals surface area contributed by atoms with E-state index in [1.165, 1.54) is 14.2 Å². The van der Waals surface area contributed by atoms with Crippen LogP contribution in [-0.4, -0.2) is 26.2 Å². The lowest BCUT2D eigenvalue weighted by atomic mass is 9.76. The summed E-state index contributed by atoms with van der Waals surface area (Å²) in [6.45, 7) is 11.3. The third-order valence-corrected chi connectivity index (χ3v) is 3.21. The number of allylic oxidation sites excluding steroid dienone is 2. The quantitative estimate of drug-likeness (QED) is 0.419. The van der Waals surface area contributed by atoms with Crippen molar-refractivity contribution in [2.24, 2.45) is 5.41 Å². The van der Waals surface area contributed by atoms with Crippen LogP contribution in [0, 0.1) is 5.41 Å². The maximum Gasteiger partial charge on any atom is 0.323 e. The van der Waals surface area contributed by atoms with Crippen LogP contribution >= 0.6 is 0 Å². The summed E-state index contributed by atoms with van der Waals surface area (Å²) in [7, 11) is 2.56. The van der Waals surface area contributed by atoms with Gasteiger partial charge in [-0.25, -0.2) is 0 Å². The molecule has 0 N–H and O–H groups in total. The molecule has 0 heterocycles. The zero-order valence-electron chi connectivity index (χ0n) is 15.5. The molecule has 0 amide bonds. The van der Waals surface area contributed by atoms with Crippen LogP contribution in [0.5, 0.6) is 0 Å². The summed E-state index contributed by atoms with van der Waals surface area (Å²) in [4.78, 5) is 24.9. The lowest BCUT2D eigenvalue weighted by molar-refractivity contribution is -0.169. The molecule has 0 aromatic rings. The fourth-order valence-corrected chi connectivity index (χ4v) is 2.67. The summed E-state index contributed by atoms with van der Waals surface area (Å²) in [5.41, 5.74) is 8.44. The van der Waals surface area contributed by atoms with Crippen LogP contribution < -0.4 is 0 Å². The summed E-state index contributed by atoms with van der Waals surface area (Å²) >= 11 is 0. The molecule has 0 atom stereocenters. The summed E-state index contributed by atoms with van der Waals surface area (Å²) in [6.07, 6.45) is 0.388. The van der Waals surface area contributed by atoms with E-state index in [1.807, 2.05) is 41.5 Å². The molecular weight excluding hydrogens is 292 g/mol. The van der Waals surface area contributed by atoms with Gasteiger partial charge in [0.15, 0.2) is 5.41 Å². The first-order valence-corrected chi connectivity index (χ1v) is 7.55. The van der Waals surface area contributed by atoms with Gasteiger partial charge in [-0.1, -0.05) is 0 Å². The first-order valence-electron chi connectivity index (χ1n) is 7.55. The van der Waals surface area contributed by atoms with Gasteiger partial charge in [-0.2, -0.15) is 0 Å². The molecule has 0 bridgehead atoms. The fourth-order valence-electron chi connectivity index (χ4n) is 2.67. The number of hydrogen-bond acceptors (Lipinski definition) is 4. The molecule has 0 unspecified atom stereocenters. The Hall–Kier alpha value is -2.02. The van der Waals surface area contributed by atoms with E-state index in [2.05, 4.69) is 11.5 Å². The van der Waals surface area contributed by atoms with E-state index < -0.39 is 17.4 Å².